The molecule has 0 spiro atoms. The summed E-state index contributed by atoms with van der Waals surface area (Å²) in [4.78, 5) is 23.5. The summed E-state index contributed by atoms with van der Waals surface area (Å²) < 4.78 is 43.0. The molecule has 0 aromatic heterocycles. The van der Waals surface area contributed by atoms with Gasteiger partial charge in [0.05, 0.1) is 6.10 Å². The Labute approximate surface area is 107 Å². The van der Waals surface area contributed by atoms with Gasteiger partial charge in [-0.3, -0.25) is 4.79 Å². The molecular formula is C10H15F3N2O4. The van der Waals surface area contributed by atoms with Gasteiger partial charge >= 0.3 is 12.1 Å². The number of rotatable bonds is 3. The first-order valence-electron chi connectivity index (χ1n) is 5.44. The number of carbonyl (C=O) groups is 2. The molecule has 1 heterocycles. The lowest BCUT2D eigenvalue weighted by Gasteiger charge is -2.32. The monoisotopic (exact) mass is 284 g/mol. The second kappa shape index (κ2) is 4.97. The Kier molecular flexibility index (Phi) is 4.11. The molecule has 0 aliphatic carbocycles. The van der Waals surface area contributed by atoms with Crippen LogP contribution in [-0.2, 0) is 14.3 Å². The van der Waals surface area contributed by atoms with Crippen LogP contribution in [0.1, 0.15) is 13.3 Å². The lowest BCUT2D eigenvalue weighted by atomic mass is 10.0. The molecule has 1 fully saturated rings. The van der Waals surface area contributed by atoms with E-state index >= 15 is 0 Å². The number of carbonyl (C=O) groups excluding carboxylic acids is 1. The fourth-order valence-electron chi connectivity index (χ4n) is 1.85. The Hall–Kier alpha value is -1.35. The number of carboxylic acids is 1. The zero-order chi connectivity index (χ0) is 15.0. The van der Waals surface area contributed by atoms with Crippen molar-refractivity contribution in [3.05, 3.63) is 0 Å². The van der Waals surface area contributed by atoms with Crippen molar-refractivity contribution in [3.8, 4) is 0 Å². The Morgan fingerprint density at radius 1 is 1.42 bits per heavy atom. The highest BCUT2D eigenvalue weighted by Gasteiger charge is 2.57. The molecule has 0 radical (unpaired) electrons. The van der Waals surface area contributed by atoms with E-state index in [9.17, 15) is 22.8 Å². The van der Waals surface area contributed by atoms with Gasteiger partial charge in [0.25, 0.3) is 5.91 Å². The van der Waals surface area contributed by atoms with Crippen molar-refractivity contribution in [1.29, 1.82) is 0 Å². The van der Waals surface area contributed by atoms with Gasteiger partial charge in [-0.25, -0.2) is 4.79 Å². The van der Waals surface area contributed by atoms with E-state index in [1.165, 1.54) is 7.11 Å². The number of hydrogen-bond donors (Lipinski definition) is 2. The van der Waals surface area contributed by atoms with Crippen molar-refractivity contribution < 1.29 is 32.6 Å². The third-order valence-corrected chi connectivity index (χ3v) is 3.18. The number of ether oxygens (including phenoxy) is 1. The number of nitrogens with zero attached hydrogens (tertiary/aromatic N) is 1. The standard InChI is InChI=1S/C10H15F3N2O4/c1-9(14,10(11,12)13)8(18)15-4-5(19-2)3-6(15)7(16)17/h5-6H,3-4,14H2,1-2H3,(H,16,17). The van der Waals surface area contributed by atoms with E-state index in [2.05, 4.69) is 0 Å². The van der Waals surface area contributed by atoms with Crippen molar-refractivity contribution >= 4 is 11.9 Å². The van der Waals surface area contributed by atoms with E-state index in [0.717, 1.165) is 0 Å². The highest BCUT2D eigenvalue weighted by Crippen LogP contribution is 2.32. The molecule has 0 saturated carbocycles. The van der Waals surface area contributed by atoms with Gasteiger partial charge in [0.2, 0.25) is 0 Å². The molecule has 9 heteroatoms. The maximum absolute atomic E-state index is 12.7. The van der Waals surface area contributed by atoms with E-state index in [1.807, 2.05) is 0 Å². The van der Waals surface area contributed by atoms with Gasteiger partial charge in [0, 0.05) is 20.1 Å². The molecule has 110 valence electrons. The number of halogens is 3. The van der Waals surface area contributed by atoms with Crippen LogP contribution in [0.5, 0.6) is 0 Å². The molecule has 1 rings (SSSR count). The van der Waals surface area contributed by atoms with E-state index in [0.29, 0.717) is 11.8 Å². The number of carboxylic acid groups (broad SMARTS) is 1. The van der Waals surface area contributed by atoms with Crippen LogP contribution in [0.4, 0.5) is 13.2 Å². The number of hydrogen-bond acceptors (Lipinski definition) is 4. The third-order valence-electron chi connectivity index (χ3n) is 3.18. The first-order valence-corrected chi connectivity index (χ1v) is 5.44. The molecule has 0 aromatic carbocycles. The predicted octanol–water partition coefficient (Wildman–Crippen LogP) is -0.0334. The maximum atomic E-state index is 12.7. The molecule has 19 heavy (non-hydrogen) atoms. The normalized spacial score (nSPS) is 27.2. The molecule has 3 unspecified atom stereocenters. The largest absolute Gasteiger partial charge is 0.480 e. The van der Waals surface area contributed by atoms with Gasteiger partial charge in [-0.15, -0.1) is 0 Å². The van der Waals surface area contributed by atoms with Crippen LogP contribution in [0.15, 0.2) is 0 Å². The van der Waals surface area contributed by atoms with E-state index in [4.69, 9.17) is 15.6 Å². The molecule has 1 aliphatic heterocycles. The van der Waals surface area contributed by atoms with Crippen LogP contribution in [0.2, 0.25) is 0 Å². The van der Waals surface area contributed by atoms with Crippen molar-refractivity contribution in [3.63, 3.8) is 0 Å². The highest BCUT2D eigenvalue weighted by atomic mass is 19.4. The molecule has 6 nitrogen and oxygen atoms in total. The Morgan fingerprint density at radius 2 is 1.95 bits per heavy atom. The molecule has 0 aromatic rings. The topological polar surface area (TPSA) is 92.9 Å². The first kappa shape index (κ1) is 15.7. The minimum atomic E-state index is -4.96. The average Bonchev–Trinajstić information content (AvgIpc) is 2.70. The van der Waals surface area contributed by atoms with Crippen molar-refractivity contribution in [2.45, 2.75) is 37.2 Å². The average molecular weight is 284 g/mol. The zero-order valence-electron chi connectivity index (χ0n) is 10.4. The highest BCUT2D eigenvalue weighted by molar-refractivity contribution is 5.91. The fraction of sp³-hybridized carbons (Fsp3) is 0.800. The van der Waals surface area contributed by atoms with E-state index in [-0.39, 0.29) is 13.0 Å². The smallest absolute Gasteiger partial charge is 0.415 e. The van der Waals surface area contributed by atoms with Crippen molar-refractivity contribution in [2.75, 3.05) is 13.7 Å². The summed E-state index contributed by atoms with van der Waals surface area (Å²) >= 11 is 0. The molecule has 0 bridgehead atoms. The quantitative estimate of drug-likeness (QED) is 0.759. The summed E-state index contributed by atoms with van der Waals surface area (Å²) in [6, 6.07) is -1.36. The fourth-order valence-corrected chi connectivity index (χ4v) is 1.85. The van der Waals surface area contributed by atoms with Crippen LogP contribution >= 0.6 is 0 Å². The number of amides is 1. The number of methoxy groups -OCH3 is 1. The van der Waals surface area contributed by atoms with Crippen LogP contribution in [-0.4, -0.2) is 59.4 Å². The second-order valence-corrected chi connectivity index (χ2v) is 4.61. The Balaban J connectivity index is 3.00. The zero-order valence-corrected chi connectivity index (χ0v) is 10.4. The third kappa shape index (κ3) is 2.81. The van der Waals surface area contributed by atoms with Crippen molar-refractivity contribution in [1.82, 2.24) is 4.90 Å². The number of likely N-dealkylation sites (tertiary alicyclic amines) is 1. The Bertz CT molecular complexity index is 383. The van der Waals surface area contributed by atoms with E-state index < -0.39 is 35.7 Å². The van der Waals surface area contributed by atoms with Gasteiger partial charge < -0.3 is 20.5 Å². The predicted molar refractivity (Wildman–Crippen MR) is 57.2 cm³/mol. The molecule has 1 saturated heterocycles. The van der Waals surface area contributed by atoms with Gasteiger partial charge in [0.1, 0.15) is 6.04 Å². The molecule has 3 atom stereocenters. The SMILES string of the molecule is COC1CC(C(=O)O)N(C(=O)C(C)(N)C(F)(F)F)C1. The second-order valence-electron chi connectivity index (χ2n) is 4.61. The van der Waals surface area contributed by atoms with Gasteiger partial charge in [-0.1, -0.05) is 0 Å². The first-order chi connectivity index (χ1) is 8.52. The molecule has 1 aliphatic rings. The number of nitrogens with two attached hydrogens (primary N) is 1. The van der Waals surface area contributed by atoms with Gasteiger partial charge in [0.15, 0.2) is 5.54 Å². The minimum Gasteiger partial charge on any atom is -0.480 e. The summed E-state index contributed by atoms with van der Waals surface area (Å²) in [6.45, 7) is 0.295. The summed E-state index contributed by atoms with van der Waals surface area (Å²) in [7, 11) is 1.29. The summed E-state index contributed by atoms with van der Waals surface area (Å²) in [6.07, 6.45) is -5.64. The summed E-state index contributed by atoms with van der Waals surface area (Å²) in [5.74, 6) is -2.85. The van der Waals surface area contributed by atoms with Crippen LogP contribution in [0, 0.1) is 0 Å². The van der Waals surface area contributed by atoms with Crippen LogP contribution in [0.3, 0.4) is 0 Å². The van der Waals surface area contributed by atoms with Gasteiger partial charge in [-0.2, -0.15) is 13.2 Å². The number of aliphatic carboxylic acids is 1. The Morgan fingerprint density at radius 3 is 2.32 bits per heavy atom. The number of alkyl halides is 3. The lowest BCUT2D eigenvalue weighted by Crippen LogP contribution is -2.63. The summed E-state index contributed by atoms with van der Waals surface area (Å²) in [5.41, 5.74) is 1.89. The van der Waals surface area contributed by atoms with E-state index in [1.54, 1.807) is 0 Å². The van der Waals surface area contributed by atoms with Crippen molar-refractivity contribution in [2.24, 2.45) is 5.73 Å². The maximum Gasteiger partial charge on any atom is 0.415 e. The summed E-state index contributed by atoms with van der Waals surface area (Å²) in [5, 5.41) is 8.94. The molecule has 3 N–H and O–H groups in total. The van der Waals surface area contributed by atoms with Crippen LogP contribution < -0.4 is 5.73 Å². The molecular weight excluding hydrogens is 269 g/mol. The lowest BCUT2D eigenvalue weighted by molar-refractivity contribution is -0.195. The molecule has 1 amide bonds. The van der Waals surface area contributed by atoms with Crippen LogP contribution in [0.25, 0.3) is 0 Å². The van der Waals surface area contributed by atoms with Gasteiger partial charge in [-0.05, 0) is 6.92 Å². The minimum absolute atomic E-state index is 0.0640.